The lowest BCUT2D eigenvalue weighted by molar-refractivity contribution is -0.121. The van der Waals surface area contributed by atoms with Crippen molar-refractivity contribution in [3.63, 3.8) is 0 Å². The topological polar surface area (TPSA) is 93.7 Å². The van der Waals surface area contributed by atoms with E-state index < -0.39 is 0 Å². The summed E-state index contributed by atoms with van der Waals surface area (Å²) in [6.45, 7) is 2.24. The van der Waals surface area contributed by atoms with Crippen LogP contribution < -0.4 is 5.32 Å². The van der Waals surface area contributed by atoms with E-state index in [-0.39, 0.29) is 23.9 Å². The van der Waals surface area contributed by atoms with E-state index in [9.17, 15) is 9.59 Å². The van der Waals surface area contributed by atoms with Gasteiger partial charge in [0.2, 0.25) is 5.91 Å². The van der Waals surface area contributed by atoms with Crippen molar-refractivity contribution < 1.29 is 19.1 Å². The minimum Gasteiger partial charge on any atom is -0.385 e. The number of hydrogen-bond donors (Lipinski definition) is 1. The Kier molecular flexibility index (Phi) is 9.49. The third-order valence-electron chi connectivity index (χ3n) is 3.09. The molecular weight excluding hydrogens is 300 g/mol. The van der Waals surface area contributed by atoms with Gasteiger partial charge in [-0.2, -0.15) is 0 Å². The van der Waals surface area contributed by atoms with Gasteiger partial charge in [-0.05, 0) is 6.42 Å². The minimum atomic E-state index is -0.262. The highest BCUT2D eigenvalue weighted by Gasteiger charge is 2.17. The van der Waals surface area contributed by atoms with Gasteiger partial charge in [0.05, 0.1) is 12.8 Å². The maximum absolute atomic E-state index is 12.4. The van der Waals surface area contributed by atoms with Crippen LogP contribution in [0.1, 0.15) is 23.3 Å². The molecule has 1 aromatic heterocycles. The van der Waals surface area contributed by atoms with E-state index in [0.29, 0.717) is 32.8 Å². The number of carbonyl (C=O) groups excluding carboxylic acids is 2. The van der Waals surface area contributed by atoms with Gasteiger partial charge < -0.3 is 19.7 Å². The van der Waals surface area contributed by atoms with Gasteiger partial charge in [-0.3, -0.25) is 14.6 Å². The van der Waals surface area contributed by atoms with E-state index in [4.69, 9.17) is 9.47 Å². The second kappa shape index (κ2) is 11.5. The first-order chi connectivity index (χ1) is 11.2. The van der Waals surface area contributed by atoms with Gasteiger partial charge in [0.25, 0.3) is 5.91 Å². The second-order valence-corrected chi connectivity index (χ2v) is 4.82. The highest BCUT2D eigenvalue weighted by Crippen LogP contribution is 2.02. The van der Waals surface area contributed by atoms with Crippen LogP contribution in [0.25, 0.3) is 0 Å². The van der Waals surface area contributed by atoms with Crippen LogP contribution in [0, 0.1) is 0 Å². The summed E-state index contributed by atoms with van der Waals surface area (Å²) in [5, 5.41) is 2.79. The fourth-order valence-corrected chi connectivity index (χ4v) is 1.86. The number of hydrogen-bond acceptors (Lipinski definition) is 6. The number of nitrogens with zero attached hydrogens (tertiary/aromatic N) is 3. The molecule has 23 heavy (non-hydrogen) atoms. The molecule has 0 atom stereocenters. The minimum absolute atomic E-state index is 0.101. The van der Waals surface area contributed by atoms with E-state index in [0.717, 1.165) is 6.42 Å². The Balaban J connectivity index is 2.48. The summed E-state index contributed by atoms with van der Waals surface area (Å²) < 4.78 is 9.93. The molecule has 0 bridgehead atoms. The van der Waals surface area contributed by atoms with Gasteiger partial charge in [-0.15, -0.1) is 0 Å². The number of aromatic nitrogens is 2. The number of nitrogens with one attached hydrogen (secondary N) is 1. The van der Waals surface area contributed by atoms with Gasteiger partial charge in [-0.1, -0.05) is 0 Å². The summed E-state index contributed by atoms with van der Waals surface area (Å²) in [6, 6.07) is 0. The number of amides is 2. The maximum atomic E-state index is 12.4. The van der Waals surface area contributed by atoms with Crippen LogP contribution >= 0.6 is 0 Å². The van der Waals surface area contributed by atoms with Gasteiger partial charge in [-0.25, -0.2) is 4.98 Å². The zero-order valence-electron chi connectivity index (χ0n) is 13.7. The summed E-state index contributed by atoms with van der Waals surface area (Å²) in [6.07, 6.45) is 5.36. The van der Waals surface area contributed by atoms with Crippen LogP contribution in [0.5, 0.6) is 0 Å². The SMILES string of the molecule is COCCCNC(=O)CCN(CCOC)C(=O)c1cnccn1. The smallest absolute Gasteiger partial charge is 0.274 e. The van der Waals surface area contributed by atoms with Crippen LogP contribution in [0.2, 0.25) is 0 Å². The summed E-state index contributed by atoms with van der Waals surface area (Å²) in [5.41, 5.74) is 0.254. The Morgan fingerprint density at radius 2 is 1.96 bits per heavy atom. The predicted octanol–water partition coefficient (Wildman–Crippen LogP) is 0.108. The standard InChI is InChI=1S/C15H24N4O4/c1-22-10-3-5-18-14(20)4-8-19(9-11-23-2)15(21)13-12-16-6-7-17-13/h6-7,12H,3-5,8-11H2,1-2H3,(H,18,20). The quantitative estimate of drug-likeness (QED) is 0.581. The Morgan fingerprint density at radius 3 is 2.61 bits per heavy atom. The van der Waals surface area contributed by atoms with E-state index in [1.54, 1.807) is 19.1 Å². The highest BCUT2D eigenvalue weighted by molar-refractivity contribution is 5.92. The molecule has 0 fully saturated rings. The molecule has 8 heteroatoms. The largest absolute Gasteiger partial charge is 0.385 e. The van der Waals surface area contributed by atoms with Gasteiger partial charge in [0, 0.05) is 59.3 Å². The molecule has 1 aromatic rings. The Labute approximate surface area is 136 Å². The highest BCUT2D eigenvalue weighted by atomic mass is 16.5. The van der Waals surface area contributed by atoms with E-state index >= 15 is 0 Å². The first kappa shape index (κ1) is 19.0. The van der Waals surface area contributed by atoms with E-state index in [2.05, 4.69) is 15.3 Å². The molecule has 0 saturated heterocycles. The lowest BCUT2D eigenvalue weighted by Gasteiger charge is -2.21. The molecule has 8 nitrogen and oxygen atoms in total. The van der Waals surface area contributed by atoms with Crippen molar-refractivity contribution in [3.8, 4) is 0 Å². The van der Waals surface area contributed by atoms with Crippen molar-refractivity contribution in [1.82, 2.24) is 20.2 Å². The molecule has 0 saturated carbocycles. The van der Waals surface area contributed by atoms with Crippen molar-refractivity contribution in [1.29, 1.82) is 0 Å². The number of rotatable bonds is 11. The average Bonchev–Trinajstić information content (AvgIpc) is 2.59. The summed E-state index contributed by atoms with van der Waals surface area (Å²) in [5.74, 6) is -0.363. The fraction of sp³-hybridized carbons (Fsp3) is 0.600. The molecule has 1 N–H and O–H groups in total. The average molecular weight is 324 g/mol. The fourth-order valence-electron chi connectivity index (χ4n) is 1.86. The molecule has 0 aliphatic carbocycles. The second-order valence-electron chi connectivity index (χ2n) is 4.82. The third kappa shape index (κ3) is 7.66. The van der Waals surface area contributed by atoms with E-state index in [1.807, 2.05) is 0 Å². The molecule has 0 aliphatic heterocycles. The Hall–Kier alpha value is -2.06. The van der Waals surface area contributed by atoms with Crippen molar-refractivity contribution in [2.24, 2.45) is 0 Å². The van der Waals surface area contributed by atoms with Crippen molar-refractivity contribution in [2.45, 2.75) is 12.8 Å². The monoisotopic (exact) mass is 324 g/mol. The maximum Gasteiger partial charge on any atom is 0.274 e. The molecule has 0 aliphatic rings. The number of carbonyl (C=O) groups is 2. The van der Waals surface area contributed by atoms with Crippen molar-refractivity contribution in [3.05, 3.63) is 24.3 Å². The zero-order chi connectivity index (χ0) is 16.9. The Bertz CT molecular complexity index is 470. The van der Waals surface area contributed by atoms with Crippen LogP contribution in [0.3, 0.4) is 0 Å². The van der Waals surface area contributed by atoms with Crippen molar-refractivity contribution in [2.75, 3.05) is 47.1 Å². The number of ether oxygens (including phenoxy) is 2. The molecule has 1 rings (SSSR count). The van der Waals surface area contributed by atoms with Gasteiger partial charge in [0.1, 0.15) is 5.69 Å². The van der Waals surface area contributed by atoms with Gasteiger partial charge >= 0.3 is 0 Å². The third-order valence-corrected chi connectivity index (χ3v) is 3.09. The molecular formula is C15H24N4O4. The van der Waals surface area contributed by atoms with Crippen molar-refractivity contribution >= 4 is 11.8 Å². The molecule has 2 amide bonds. The summed E-state index contributed by atoms with van der Waals surface area (Å²) in [7, 11) is 3.18. The molecule has 0 radical (unpaired) electrons. The lowest BCUT2D eigenvalue weighted by atomic mass is 10.3. The first-order valence-corrected chi connectivity index (χ1v) is 7.49. The van der Waals surface area contributed by atoms with Crippen LogP contribution in [-0.4, -0.2) is 73.7 Å². The zero-order valence-corrected chi connectivity index (χ0v) is 13.7. The summed E-state index contributed by atoms with van der Waals surface area (Å²) >= 11 is 0. The molecule has 1 heterocycles. The van der Waals surface area contributed by atoms with E-state index in [1.165, 1.54) is 18.6 Å². The normalized spacial score (nSPS) is 10.3. The molecule has 0 aromatic carbocycles. The molecule has 128 valence electrons. The Morgan fingerprint density at radius 1 is 1.17 bits per heavy atom. The molecule has 0 spiro atoms. The van der Waals surface area contributed by atoms with Crippen LogP contribution in [0.15, 0.2) is 18.6 Å². The summed E-state index contributed by atoms with van der Waals surface area (Å²) in [4.78, 5) is 33.6. The number of methoxy groups -OCH3 is 2. The molecule has 0 unspecified atom stereocenters. The lowest BCUT2D eigenvalue weighted by Crippen LogP contribution is -2.38. The van der Waals surface area contributed by atoms with Crippen LogP contribution in [0.4, 0.5) is 0 Å². The van der Waals surface area contributed by atoms with Gasteiger partial charge in [0.15, 0.2) is 0 Å². The first-order valence-electron chi connectivity index (χ1n) is 7.49. The van der Waals surface area contributed by atoms with Crippen LogP contribution in [-0.2, 0) is 14.3 Å². The predicted molar refractivity (Wildman–Crippen MR) is 83.9 cm³/mol.